The Balaban J connectivity index is 2.12. The van der Waals surface area contributed by atoms with Crippen LogP contribution in [0.25, 0.3) is 0 Å². The minimum absolute atomic E-state index is 0.0143. The summed E-state index contributed by atoms with van der Waals surface area (Å²) in [6.07, 6.45) is 0.865. The Morgan fingerprint density at radius 1 is 1.38 bits per heavy atom. The molecule has 2 bridgehead atoms. The normalized spacial score (nSPS) is 49.8. The van der Waals surface area contributed by atoms with Crippen molar-refractivity contribution in [1.82, 2.24) is 0 Å². The van der Waals surface area contributed by atoms with E-state index in [1.54, 1.807) is 0 Å². The van der Waals surface area contributed by atoms with Crippen molar-refractivity contribution < 1.29 is 14.0 Å². The molecule has 13 heavy (non-hydrogen) atoms. The first-order valence-corrected chi connectivity index (χ1v) is 5.80. The number of ether oxygens (including phenoxy) is 2. The van der Waals surface area contributed by atoms with Crippen LogP contribution < -0.4 is 0 Å². The van der Waals surface area contributed by atoms with Gasteiger partial charge in [-0.1, -0.05) is 13.8 Å². The molecule has 0 saturated carbocycles. The summed E-state index contributed by atoms with van der Waals surface area (Å²) in [5.74, 6) is 1.37. The van der Waals surface area contributed by atoms with Crippen molar-refractivity contribution in [2.75, 3.05) is 12.8 Å². The fourth-order valence-electron chi connectivity index (χ4n) is 2.29. The molecule has 3 nitrogen and oxygen atoms in total. The summed E-state index contributed by atoms with van der Waals surface area (Å²) in [5, 5.41) is 0. The molecule has 2 fully saturated rings. The molecule has 2 heterocycles. The van der Waals surface area contributed by atoms with Crippen LogP contribution in [0.4, 0.5) is 0 Å². The van der Waals surface area contributed by atoms with Gasteiger partial charge >= 0.3 is 0 Å². The average Bonchev–Trinajstić information content (AvgIpc) is 2.56. The van der Waals surface area contributed by atoms with E-state index >= 15 is 0 Å². The molecule has 2 aliphatic rings. The second kappa shape index (κ2) is 3.64. The van der Waals surface area contributed by atoms with Gasteiger partial charge in [-0.15, -0.1) is 0 Å². The van der Waals surface area contributed by atoms with E-state index in [0.29, 0.717) is 30.5 Å². The van der Waals surface area contributed by atoms with E-state index < -0.39 is 0 Å². The fourth-order valence-corrected chi connectivity index (χ4v) is 3.03. The summed E-state index contributed by atoms with van der Waals surface area (Å²) >= 11 is 0. The van der Waals surface area contributed by atoms with Crippen LogP contribution in [0, 0.1) is 17.8 Å². The second-order valence-corrected chi connectivity index (χ2v) is 4.69. The zero-order valence-electron chi connectivity index (χ0n) is 7.97. The summed E-state index contributed by atoms with van der Waals surface area (Å²) < 4.78 is 21.8. The molecular weight excluding hydrogens is 187 g/mol. The van der Waals surface area contributed by atoms with E-state index in [4.69, 9.17) is 9.47 Å². The Labute approximate surface area is 80.0 Å². The Kier molecular flexibility index (Phi) is 2.68. The van der Waals surface area contributed by atoms with E-state index in [-0.39, 0.29) is 20.9 Å². The van der Waals surface area contributed by atoms with Gasteiger partial charge in [-0.25, -0.2) is 0 Å². The van der Waals surface area contributed by atoms with Gasteiger partial charge in [-0.2, -0.15) is 0 Å². The summed E-state index contributed by atoms with van der Waals surface area (Å²) in [4.78, 5) is 0. The van der Waals surface area contributed by atoms with Gasteiger partial charge in [0, 0.05) is 18.0 Å². The molecule has 0 radical (unpaired) electrons. The highest BCUT2D eigenvalue weighted by molar-refractivity contribution is 7.23. The molecule has 2 unspecified atom stereocenters. The maximum Gasteiger partial charge on any atom is 0.160 e. The molecule has 0 aromatic heterocycles. The van der Waals surface area contributed by atoms with Gasteiger partial charge in [0.2, 0.25) is 0 Å². The minimum atomic E-state index is -0.0143. The first-order chi connectivity index (χ1) is 6.24. The van der Waals surface area contributed by atoms with Crippen LogP contribution >= 0.6 is 8.46 Å². The SMILES string of the molecule is CC1[C@@H](CP=O)C2CO[C@@H](O2)[C@H]1C. The highest BCUT2D eigenvalue weighted by Gasteiger charge is 2.46. The lowest BCUT2D eigenvalue weighted by molar-refractivity contribution is -0.149. The molecule has 0 aromatic carbocycles. The van der Waals surface area contributed by atoms with E-state index in [1.807, 2.05) is 0 Å². The molecular formula is C9H15O3P. The Bertz CT molecular complexity index is 209. The van der Waals surface area contributed by atoms with Crippen molar-refractivity contribution in [2.24, 2.45) is 17.8 Å². The molecule has 2 aliphatic heterocycles. The maximum atomic E-state index is 10.6. The zero-order chi connectivity index (χ0) is 9.42. The number of hydrogen-bond donors (Lipinski definition) is 0. The van der Waals surface area contributed by atoms with Gasteiger partial charge in [0.15, 0.2) is 14.8 Å². The van der Waals surface area contributed by atoms with Gasteiger partial charge in [-0.3, -0.25) is 4.57 Å². The predicted octanol–water partition coefficient (Wildman–Crippen LogP) is 1.92. The summed E-state index contributed by atoms with van der Waals surface area (Å²) in [6, 6.07) is 0. The third kappa shape index (κ3) is 1.54. The first kappa shape index (κ1) is 9.57. The van der Waals surface area contributed by atoms with Crippen LogP contribution in [0.15, 0.2) is 0 Å². The van der Waals surface area contributed by atoms with E-state index in [2.05, 4.69) is 13.8 Å². The van der Waals surface area contributed by atoms with E-state index in [9.17, 15) is 4.57 Å². The maximum absolute atomic E-state index is 10.6. The molecule has 0 aliphatic carbocycles. The molecule has 2 saturated heterocycles. The Morgan fingerprint density at radius 3 is 2.85 bits per heavy atom. The van der Waals surface area contributed by atoms with Crippen molar-refractivity contribution in [3.05, 3.63) is 0 Å². The summed E-state index contributed by atoms with van der Waals surface area (Å²) in [7, 11) is 0.226. The average molecular weight is 202 g/mol. The second-order valence-electron chi connectivity index (χ2n) is 4.07. The van der Waals surface area contributed by atoms with Crippen molar-refractivity contribution in [3.63, 3.8) is 0 Å². The Hall–Kier alpha value is 0.0200. The van der Waals surface area contributed by atoms with E-state index in [0.717, 1.165) is 0 Å². The van der Waals surface area contributed by atoms with Gasteiger partial charge < -0.3 is 9.47 Å². The number of hydrogen-bond acceptors (Lipinski definition) is 3. The lowest BCUT2D eigenvalue weighted by Crippen LogP contribution is -2.41. The van der Waals surface area contributed by atoms with Crippen molar-refractivity contribution in [3.8, 4) is 0 Å². The molecule has 5 atom stereocenters. The Morgan fingerprint density at radius 2 is 2.15 bits per heavy atom. The van der Waals surface area contributed by atoms with E-state index in [1.165, 1.54) is 0 Å². The molecule has 0 amide bonds. The topological polar surface area (TPSA) is 35.5 Å². The van der Waals surface area contributed by atoms with Crippen LogP contribution in [0.3, 0.4) is 0 Å². The quantitative estimate of drug-likeness (QED) is 0.642. The largest absolute Gasteiger partial charge is 0.350 e. The molecule has 0 aromatic rings. The molecule has 0 N–H and O–H groups in total. The van der Waals surface area contributed by atoms with Crippen LogP contribution in [0.5, 0.6) is 0 Å². The van der Waals surface area contributed by atoms with Gasteiger partial charge in [-0.05, 0) is 5.92 Å². The predicted molar refractivity (Wildman–Crippen MR) is 48.9 cm³/mol. The monoisotopic (exact) mass is 202 g/mol. The van der Waals surface area contributed by atoms with Gasteiger partial charge in [0.1, 0.15) is 0 Å². The molecule has 74 valence electrons. The van der Waals surface area contributed by atoms with Crippen molar-refractivity contribution in [2.45, 2.75) is 26.2 Å². The standard InChI is InChI=1S/C9H15O3P/c1-5-6(2)9-11-3-8(12-9)7(5)4-13-10/h5-9H,3-4H2,1-2H3/t5?,6-,7+,8?,9-/m0/s1. The minimum Gasteiger partial charge on any atom is -0.350 e. The summed E-state index contributed by atoms with van der Waals surface area (Å²) in [6.45, 7) is 5.03. The number of fused-ring (bicyclic) bond motifs is 2. The van der Waals surface area contributed by atoms with Crippen LogP contribution in [-0.2, 0) is 14.0 Å². The first-order valence-electron chi connectivity index (χ1n) is 4.80. The highest BCUT2D eigenvalue weighted by atomic mass is 31.1. The molecule has 0 spiro atoms. The molecule has 2 rings (SSSR count). The third-order valence-electron chi connectivity index (χ3n) is 3.43. The zero-order valence-corrected chi connectivity index (χ0v) is 8.87. The lowest BCUT2D eigenvalue weighted by Gasteiger charge is -2.36. The van der Waals surface area contributed by atoms with Crippen LogP contribution in [0.1, 0.15) is 13.8 Å². The van der Waals surface area contributed by atoms with Crippen molar-refractivity contribution in [1.29, 1.82) is 0 Å². The lowest BCUT2D eigenvalue weighted by atomic mass is 9.80. The summed E-state index contributed by atoms with van der Waals surface area (Å²) in [5.41, 5.74) is 0. The van der Waals surface area contributed by atoms with Crippen molar-refractivity contribution >= 4 is 8.46 Å². The smallest absolute Gasteiger partial charge is 0.160 e. The molecule has 4 heteroatoms. The third-order valence-corrected chi connectivity index (χ3v) is 4.00. The highest BCUT2D eigenvalue weighted by Crippen LogP contribution is 2.40. The van der Waals surface area contributed by atoms with Gasteiger partial charge in [0.05, 0.1) is 12.7 Å². The number of rotatable bonds is 2. The van der Waals surface area contributed by atoms with Crippen LogP contribution in [-0.4, -0.2) is 25.2 Å². The fraction of sp³-hybridized carbons (Fsp3) is 1.00. The van der Waals surface area contributed by atoms with Gasteiger partial charge in [0.25, 0.3) is 0 Å². The van der Waals surface area contributed by atoms with Crippen LogP contribution in [0.2, 0.25) is 0 Å².